The molecule has 4 nitrogen and oxygen atoms in total. The molecular weight excluding hydrogens is 252 g/mol. The summed E-state index contributed by atoms with van der Waals surface area (Å²) in [5.74, 6) is 0.783. The third-order valence-corrected chi connectivity index (χ3v) is 4.98. The first-order valence-electron chi connectivity index (χ1n) is 8.17. The number of rotatable bonds is 7. The average molecular weight is 280 g/mol. The van der Waals surface area contributed by atoms with Crippen molar-refractivity contribution >= 4 is 11.8 Å². The molecule has 0 aromatic rings. The molecule has 2 amide bonds. The molecule has 1 saturated heterocycles. The maximum absolute atomic E-state index is 12.3. The minimum absolute atomic E-state index is 0.00126. The molecule has 114 valence electrons. The van der Waals surface area contributed by atoms with E-state index in [-0.39, 0.29) is 23.7 Å². The molecule has 1 heterocycles. The molecule has 1 saturated carbocycles. The molecular formula is C16H28N2O2. The highest BCUT2D eigenvalue weighted by Gasteiger charge is 2.51. The molecule has 0 aromatic carbocycles. The Morgan fingerprint density at radius 2 is 1.80 bits per heavy atom. The molecule has 0 spiro atoms. The number of amides is 2. The molecule has 3 unspecified atom stereocenters. The molecule has 2 fully saturated rings. The van der Waals surface area contributed by atoms with Crippen molar-refractivity contribution in [2.45, 2.75) is 58.9 Å². The molecule has 1 aliphatic carbocycles. The molecule has 3 atom stereocenters. The van der Waals surface area contributed by atoms with Crippen molar-refractivity contribution in [2.75, 3.05) is 13.1 Å². The van der Waals surface area contributed by atoms with E-state index in [9.17, 15) is 9.59 Å². The fourth-order valence-electron chi connectivity index (χ4n) is 3.76. The highest BCUT2D eigenvalue weighted by Crippen LogP contribution is 2.44. The second-order valence-corrected chi connectivity index (χ2v) is 6.39. The smallest absolute Gasteiger partial charge is 0.233 e. The van der Waals surface area contributed by atoms with Crippen molar-refractivity contribution in [3.05, 3.63) is 0 Å². The summed E-state index contributed by atoms with van der Waals surface area (Å²) in [6, 6.07) is 0.455. The Bertz CT molecular complexity index is 345. The number of carbonyl (C=O) groups excluding carboxylic acids is 2. The van der Waals surface area contributed by atoms with E-state index >= 15 is 0 Å². The van der Waals surface area contributed by atoms with Crippen LogP contribution in [0.1, 0.15) is 52.9 Å². The van der Waals surface area contributed by atoms with Gasteiger partial charge in [-0.2, -0.15) is 0 Å². The number of nitrogens with zero attached hydrogens (tertiary/aromatic N) is 1. The fourth-order valence-corrected chi connectivity index (χ4v) is 3.76. The van der Waals surface area contributed by atoms with Crippen LogP contribution in [0.4, 0.5) is 0 Å². The van der Waals surface area contributed by atoms with Crippen molar-refractivity contribution in [3.8, 4) is 0 Å². The summed E-state index contributed by atoms with van der Waals surface area (Å²) in [6.45, 7) is 7.97. The third-order valence-electron chi connectivity index (χ3n) is 4.98. The Hall–Kier alpha value is -0.900. The number of carbonyl (C=O) groups is 2. The van der Waals surface area contributed by atoms with Gasteiger partial charge in [-0.15, -0.1) is 0 Å². The largest absolute Gasteiger partial charge is 0.315 e. The van der Waals surface area contributed by atoms with Gasteiger partial charge >= 0.3 is 0 Å². The lowest BCUT2D eigenvalue weighted by atomic mass is 10.00. The Labute approximate surface area is 122 Å². The molecule has 1 aliphatic heterocycles. The molecule has 2 rings (SSSR count). The first-order chi connectivity index (χ1) is 9.58. The standard InChI is InChI=1S/C16H28N2O2/c1-4-12-9-13-14(10-12)16(20)18(15(13)19)8-6-7-11(3)17-5-2/h11-14,17H,4-10H2,1-3H3. The van der Waals surface area contributed by atoms with Crippen LogP contribution in [-0.4, -0.2) is 35.8 Å². The van der Waals surface area contributed by atoms with Crippen LogP contribution in [-0.2, 0) is 9.59 Å². The molecule has 0 aromatic heterocycles. The zero-order valence-corrected chi connectivity index (χ0v) is 13.0. The van der Waals surface area contributed by atoms with Crippen LogP contribution in [0.3, 0.4) is 0 Å². The predicted molar refractivity (Wildman–Crippen MR) is 79.1 cm³/mol. The van der Waals surface area contributed by atoms with Crippen LogP contribution in [0.25, 0.3) is 0 Å². The summed E-state index contributed by atoms with van der Waals surface area (Å²) >= 11 is 0. The zero-order chi connectivity index (χ0) is 14.7. The van der Waals surface area contributed by atoms with Gasteiger partial charge in [-0.1, -0.05) is 20.3 Å². The summed E-state index contributed by atoms with van der Waals surface area (Å²) in [7, 11) is 0. The summed E-state index contributed by atoms with van der Waals surface area (Å²) in [6.07, 6.45) is 4.86. The van der Waals surface area contributed by atoms with Crippen LogP contribution in [0.2, 0.25) is 0 Å². The maximum Gasteiger partial charge on any atom is 0.233 e. The number of imide groups is 1. The first kappa shape index (κ1) is 15.5. The van der Waals surface area contributed by atoms with Crippen molar-refractivity contribution < 1.29 is 9.59 Å². The van der Waals surface area contributed by atoms with Crippen LogP contribution in [0.5, 0.6) is 0 Å². The van der Waals surface area contributed by atoms with Gasteiger partial charge in [-0.05, 0) is 45.1 Å². The monoisotopic (exact) mass is 280 g/mol. The lowest BCUT2D eigenvalue weighted by molar-refractivity contribution is -0.140. The van der Waals surface area contributed by atoms with Crippen molar-refractivity contribution in [1.29, 1.82) is 0 Å². The molecule has 0 bridgehead atoms. The van der Waals surface area contributed by atoms with Gasteiger partial charge in [0.25, 0.3) is 0 Å². The molecule has 4 heteroatoms. The minimum atomic E-state index is -0.00126. The van der Waals surface area contributed by atoms with Gasteiger partial charge in [0.05, 0.1) is 11.8 Å². The van der Waals surface area contributed by atoms with E-state index in [0.29, 0.717) is 18.5 Å². The van der Waals surface area contributed by atoms with Crippen LogP contribution in [0.15, 0.2) is 0 Å². The van der Waals surface area contributed by atoms with Crippen LogP contribution >= 0.6 is 0 Å². The minimum Gasteiger partial charge on any atom is -0.315 e. The van der Waals surface area contributed by atoms with E-state index in [4.69, 9.17) is 0 Å². The molecule has 20 heavy (non-hydrogen) atoms. The number of fused-ring (bicyclic) bond motifs is 1. The number of hydrogen-bond donors (Lipinski definition) is 1. The molecule has 0 radical (unpaired) electrons. The summed E-state index contributed by atoms with van der Waals surface area (Å²) in [4.78, 5) is 26.2. The van der Waals surface area contributed by atoms with E-state index in [1.807, 2.05) is 0 Å². The van der Waals surface area contributed by atoms with Crippen LogP contribution in [0, 0.1) is 17.8 Å². The summed E-state index contributed by atoms with van der Waals surface area (Å²) in [5, 5.41) is 3.36. The van der Waals surface area contributed by atoms with Gasteiger partial charge in [0.2, 0.25) is 11.8 Å². The van der Waals surface area contributed by atoms with Gasteiger partial charge in [0, 0.05) is 12.6 Å². The van der Waals surface area contributed by atoms with E-state index in [1.54, 1.807) is 4.90 Å². The van der Waals surface area contributed by atoms with Gasteiger partial charge in [-0.25, -0.2) is 0 Å². The number of likely N-dealkylation sites (tertiary alicyclic amines) is 1. The molecule has 1 N–H and O–H groups in total. The van der Waals surface area contributed by atoms with Gasteiger partial charge in [0.15, 0.2) is 0 Å². The van der Waals surface area contributed by atoms with E-state index in [0.717, 1.165) is 38.6 Å². The quantitative estimate of drug-likeness (QED) is 0.727. The third kappa shape index (κ3) is 3.05. The second kappa shape index (κ2) is 6.70. The number of nitrogens with one attached hydrogen (secondary N) is 1. The Morgan fingerprint density at radius 3 is 2.30 bits per heavy atom. The maximum atomic E-state index is 12.3. The zero-order valence-electron chi connectivity index (χ0n) is 13.0. The SMILES string of the molecule is CCNC(C)CCCN1C(=O)C2CC(CC)CC2C1=O. The fraction of sp³-hybridized carbons (Fsp3) is 0.875. The second-order valence-electron chi connectivity index (χ2n) is 6.39. The van der Waals surface area contributed by atoms with Gasteiger partial charge in [-0.3, -0.25) is 14.5 Å². The van der Waals surface area contributed by atoms with E-state index in [2.05, 4.69) is 26.1 Å². The summed E-state index contributed by atoms with van der Waals surface area (Å²) in [5.41, 5.74) is 0. The first-order valence-corrected chi connectivity index (χ1v) is 8.17. The van der Waals surface area contributed by atoms with E-state index < -0.39 is 0 Å². The normalized spacial score (nSPS) is 30.9. The Kier molecular flexibility index (Phi) is 5.19. The van der Waals surface area contributed by atoms with Gasteiger partial charge < -0.3 is 5.32 Å². The number of hydrogen-bond acceptors (Lipinski definition) is 3. The topological polar surface area (TPSA) is 49.4 Å². The van der Waals surface area contributed by atoms with Crippen molar-refractivity contribution in [1.82, 2.24) is 10.2 Å². The van der Waals surface area contributed by atoms with E-state index in [1.165, 1.54) is 0 Å². The lowest BCUT2D eigenvalue weighted by Crippen LogP contribution is -2.34. The van der Waals surface area contributed by atoms with Crippen molar-refractivity contribution in [2.24, 2.45) is 17.8 Å². The highest BCUT2D eigenvalue weighted by atomic mass is 16.2. The Balaban J connectivity index is 1.83. The average Bonchev–Trinajstić information content (AvgIpc) is 2.94. The predicted octanol–water partition coefficient (Wildman–Crippen LogP) is 2.19. The molecule has 2 aliphatic rings. The lowest BCUT2D eigenvalue weighted by Gasteiger charge is -2.19. The summed E-state index contributed by atoms with van der Waals surface area (Å²) < 4.78 is 0. The van der Waals surface area contributed by atoms with Gasteiger partial charge in [0.1, 0.15) is 0 Å². The van der Waals surface area contributed by atoms with Crippen LogP contribution < -0.4 is 5.32 Å². The van der Waals surface area contributed by atoms with Crippen molar-refractivity contribution in [3.63, 3.8) is 0 Å². The highest BCUT2D eigenvalue weighted by molar-refractivity contribution is 6.05. The Morgan fingerprint density at radius 1 is 1.20 bits per heavy atom.